The van der Waals surface area contributed by atoms with E-state index in [1.54, 1.807) is 14.2 Å². The van der Waals surface area contributed by atoms with E-state index in [1.165, 1.54) is 0 Å². The minimum Gasteiger partial charge on any atom is -0.497 e. The van der Waals surface area contributed by atoms with Crippen molar-refractivity contribution in [3.63, 3.8) is 0 Å². The highest BCUT2D eigenvalue weighted by Crippen LogP contribution is 2.32. The fourth-order valence-corrected chi connectivity index (χ4v) is 2.12. The van der Waals surface area contributed by atoms with E-state index >= 15 is 0 Å². The zero-order valence-corrected chi connectivity index (χ0v) is 10.1. The summed E-state index contributed by atoms with van der Waals surface area (Å²) in [6, 6.07) is 8.33. The maximum atomic E-state index is 8.89. The van der Waals surface area contributed by atoms with Gasteiger partial charge in [-0.05, 0) is 24.1 Å². The van der Waals surface area contributed by atoms with Crippen LogP contribution in [-0.4, -0.2) is 20.8 Å². The lowest BCUT2D eigenvalue weighted by atomic mass is 10.0. The SMILES string of the molecule is COc1cc(OC)cc(C2CC(C#N)CN2)c1. The third-order valence-electron chi connectivity index (χ3n) is 3.09. The quantitative estimate of drug-likeness (QED) is 0.864. The molecule has 1 fully saturated rings. The van der Waals surface area contributed by atoms with Crippen LogP contribution in [0.1, 0.15) is 18.0 Å². The lowest BCUT2D eigenvalue weighted by Crippen LogP contribution is -2.13. The molecule has 0 spiro atoms. The summed E-state index contributed by atoms with van der Waals surface area (Å²) >= 11 is 0. The van der Waals surface area contributed by atoms with E-state index < -0.39 is 0 Å². The molecule has 0 aromatic heterocycles. The molecule has 0 saturated carbocycles. The Morgan fingerprint density at radius 2 is 1.88 bits per heavy atom. The second-order valence-electron chi connectivity index (χ2n) is 4.17. The maximum Gasteiger partial charge on any atom is 0.122 e. The fraction of sp³-hybridized carbons (Fsp3) is 0.462. The van der Waals surface area contributed by atoms with Gasteiger partial charge < -0.3 is 14.8 Å². The minimum absolute atomic E-state index is 0.0946. The van der Waals surface area contributed by atoms with Gasteiger partial charge >= 0.3 is 0 Å². The summed E-state index contributed by atoms with van der Waals surface area (Å²) in [5.74, 6) is 1.65. The Morgan fingerprint density at radius 1 is 1.24 bits per heavy atom. The molecule has 17 heavy (non-hydrogen) atoms. The summed E-state index contributed by atoms with van der Waals surface area (Å²) in [5, 5.41) is 12.2. The van der Waals surface area contributed by atoms with Gasteiger partial charge in [0.25, 0.3) is 0 Å². The van der Waals surface area contributed by atoms with Gasteiger partial charge in [-0.1, -0.05) is 0 Å². The number of hydrogen-bond acceptors (Lipinski definition) is 4. The molecule has 1 saturated heterocycles. The summed E-state index contributed by atoms with van der Waals surface area (Å²) in [5.41, 5.74) is 1.11. The van der Waals surface area contributed by atoms with Crippen molar-refractivity contribution in [3.8, 4) is 17.6 Å². The average Bonchev–Trinajstić information content (AvgIpc) is 2.86. The fourth-order valence-electron chi connectivity index (χ4n) is 2.12. The van der Waals surface area contributed by atoms with Crippen LogP contribution in [0.2, 0.25) is 0 Å². The highest BCUT2D eigenvalue weighted by atomic mass is 16.5. The van der Waals surface area contributed by atoms with E-state index in [9.17, 15) is 0 Å². The number of ether oxygens (including phenoxy) is 2. The minimum atomic E-state index is 0.0946. The molecule has 4 nitrogen and oxygen atoms in total. The normalized spacial score (nSPS) is 23.1. The van der Waals surface area contributed by atoms with Gasteiger partial charge in [-0.15, -0.1) is 0 Å². The van der Waals surface area contributed by atoms with Crippen LogP contribution >= 0.6 is 0 Å². The number of methoxy groups -OCH3 is 2. The van der Waals surface area contributed by atoms with Gasteiger partial charge in [-0.3, -0.25) is 0 Å². The Labute approximate surface area is 101 Å². The third kappa shape index (κ3) is 2.51. The molecule has 0 amide bonds. The molecule has 1 N–H and O–H groups in total. The largest absolute Gasteiger partial charge is 0.497 e. The van der Waals surface area contributed by atoms with Crippen LogP contribution in [0.5, 0.6) is 11.5 Å². The van der Waals surface area contributed by atoms with Gasteiger partial charge in [-0.25, -0.2) is 0 Å². The van der Waals surface area contributed by atoms with E-state index in [0.29, 0.717) is 0 Å². The molecule has 0 radical (unpaired) electrons. The number of nitrogens with zero attached hydrogens (tertiary/aromatic N) is 1. The molecule has 2 atom stereocenters. The molecule has 90 valence electrons. The Bertz CT molecular complexity index is 417. The summed E-state index contributed by atoms with van der Waals surface area (Å²) < 4.78 is 10.5. The van der Waals surface area contributed by atoms with Gasteiger partial charge in [0.1, 0.15) is 11.5 Å². The topological polar surface area (TPSA) is 54.3 Å². The van der Waals surface area contributed by atoms with Crippen LogP contribution < -0.4 is 14.8 Å². The van der Waals surface area contributed by atoms with Crippen LogP contribution in [0.3, 0.4) is 0 Å². The lowest BCUT2D eigenvalue weighted by molar-refractivity contribution is 0.392. The van der Waals surface area contributed by atoms with Crippen LogP contribution in [0.25, 0.3) is 0 Å². The molecule has 0 aliphatic carbocycles. The van der Waals surface area contributed by atoms with Gasteiger partial charge in [0.2, 0.25) is 0 Å². The molecule has 2 rings (SSSR count). The molecule has 0 bridgehead atoms. The van der Waals surface area contributed by atoms with Gasteiger partial charge in [-0.2, -0.15) is 5.26 Å². The standard InChI is InChI=1S/C13H16N2O2/c1-16-11-4-10(5-12(6-11)17-2)13-3-9(7-14)8-15-13/h4-6,9,13,15H,3,8H2,1-2H3. The molecule has 4 heteroatoms. The number of rotatable bonds is 3. The Kier molecular flexibility index (Phi) is 3.50. The van der Waals surface area contributed by atoms with Crippen molar-refractivity contribution in [3.05, 3.63) is 23.8 Å². The van der Waals surface area contributed by atoms with E-state index in [4.69, 9.17) is 14.7 Å². The number of nitriles is 1. The zero-order chi connectivity index (χ0) is 12.3. The predicted octanol–water partition coefficient (Wildman–Crippen LogP) is 1.88. The molecule has 1 aromatic rings. The number of hydrogen-bond donors (Lipinski definition) is 1. The Hall–Kier alpha value is -1.73. The zero-order valence-electron chi connectivity index (χ0n) is 10.1. The van der Waals surface area contributed by atoms with Crippen LogP contribution in [0.15, 0.2) is 18.2 Å². The van der Waals surface area contributed by atoms with E-state index in [1.807, 2.05) is 18.2 Å². The summed E-state index contributed by atoms with van der Waals surface area (Å²) in [7, 11) is 3.28. The third-order valence-corrected chi connectivity index (χ3v) is 3.09. The highest BCUT2D eigenvalue weighted by molar-refractivity contribution is 5.40. The summed E-state index contributed by atoms with van der Waals surface area (Å²) in [6.07, 6.45) is 0.840. The van der Waals surface area contributed by atoms with E-state index in [2.05, 4.69) is 11.4 Å². The van der Waals surface area contributed by atoms with Crippen LogP contribution in [-0.2, 0) is 0 Å². The molecule has 1 heterocycles. The summed E-state index contributed by atoms with van der Waals surface area (Å²) in [4.78, 5) is 0. The molecule has 2 unspecified atom stereocenters. The van der Waals surface area contributed by atoms with Crippen molar-refractivity contribution < 1.29 is 9.47 Å². The first-order chi connectivity index (χ1) is 8.26. The molecular weight excluding hydrogens is 216 g/mol. The molecule has 1 aliphatic rings. The Balaban J connectivity index is 2.23. The first-order valence-corrected chi connectivity index (χ1v) is 5.62. The van der Waals surface area contributed by atoms with Gasteiger partial charge in [0.15, 0.2) is 0 Å². The average molecular weight is 232 g/mol. The van der Waals surface area contributed by atoms with Crippen molar-refractivity contribution >= 4 is 0 Å². The smallest absolute Gasteiger partial charge is 0.122 e. The second-order valence-corrected chi connectivity index (χ2v) is 4.17. The molecule has 1 aliphatic heterocycles. The van der Waals surface area contributed by atoms with Gasteiger partial charge in [0, 0.05) is 18.7 Å². The van der Waals surface area contributed by atoms with Crippen molar-refractivity contribution in [1.82, 2.24) is 5.32 Å². The first-order valence-electron chi connectivity index (χ1n) is 5.62. The molecule has 1 aromatic carbocycles. The monoisotopic (exact) mass is 232 g/mol. The van der Waals surface area contributed by atoms with Crippen molar-refractivity contribution in [2.75, 3.05) is 20.8 Å². The van der Waals surface area contributed by atoms with Crippen molar-refractivity contribution in [2.24, 2.45) is 5.92 Å². The number of benzene rings is 1. The van der Waals surface area contributed by atoms with Gasteiger partial charge in [0.05, 0.1) is 26.2 Å². The number of nitrogens with one attached hydrogen (secondary N) is 1. The van der Waals surface area contributed by atoms with Crippen molar-refractivity contribution in [2.45, 2.75) is 12.5 Å². The Morgan fingerprint density at radius 3 is 2.35 bits per heavy atom. The lowest BCUT2D eigenvalue weighted by Gasteiger charge is -2.13. The maximum absolute atomic E-state index is 8.89. The van der Waals surface area contributed by atoms with Crippen LogP contribution in [0, 0.1) is 17.2 Å². The molecular formula is C13H16N2O2. The van der Waals surface area contributed by atoms with Crippen molar-refractivity contribution in [1.29, 1.82) is 5.26 Å². The predicted molar refractivity (Wildman–Crippen MR) is 64.0 cm³/mol. The second kappa shape index (κ2) is 5.07. The highest BCUT2D eigenvalue weighted by Gasteiger charge is 2.25. The summed E-state index contributed by atoms with van der Waals surface area (Å²) in [6.45, 7) is 0.751. The van der Waals surface area contributed by atoms with E-state index in [0.717, 1.165) is 30.0 Å². The van der Waals surface area contributed by atoms with Crippen LogP contribution in [0.4, 0.5) is 0 Å². The van der Waals surface area contributed by atoms with E-state index in [-0.39, 0.29) is 12.0 Å². The first kappa shape index (κ1) is 11.7.